The van der Waals surface area contributed by atoms with Gasteiger partial charge in [-0.25, -0.2) is 9.67 Å². The Morgan fingerprint density at radius 2 is 2.18 bits per heavy atom. The number of piperidine rings is 2. The summed E-state index contributed by atoms with van der Waals surface area (Å²) in [4.78, 5) is 25.7. The number of nitrogens with zero attached hydrogens (tertiary/aromatic N) is 6. The summed E-state index contributed by atoms with van der Waals surface area (Å²) >= 11 is 1.62. The number of rotatable bonds is 4. The molecule has 2 aliphatic rings. The van der Waals surface area contributed by atoms with Gasteiger partial charge in [-0.15, -0.1) is 11.3 Å². The molecule has 2 fully saturated rings. The van der Waals surface area contributed by atoms with Crippen LogP contribution in [0.25, 0.3) is 0 Å². The van der Waals surface area contributed by atoms with Crippen molar-refractivity contribution in [3.8, 4) is 0 Å². The molecule has 0 bridgehead atoms. The molecule has 0 aromatic carbocycles. The van der Waals surface area contributed by atoms with Crippen LogP contribution in [0, 0.1) is 12.3 Å². The molecule has 2 saturated heterocycles. The van der Waals surface area contributed by atoms with Gasteiger partial charge < -0.3 is 14.9 Å². The highest BCUT2D eigenvalue weighted by atomic mass is 32.1. The highest BCUT2D eigenvalue weighted by Gasteiger charge is 2.43. The Morgan fingerprint density at radius 3 is 2.82 bits per heavy atom. The molecule has 1 N–H and O–H groups in total. The topological polar surface area (TPSA) is 87.4 Å². The Labute approximate surface area is 169 Å². The third kappa shape index (κ3) is 4.05. The molecular weight excluding hydrogens is 376 g/mol. The Balaban J connectivity index is 1.36. The van der Waals surface area contributed by atoms with Crippen LogP contribution in [0.3, 0.4) is 0 Å². The zero-order valence-corrected chi connectivity index (χ0v) is 17.4. The first-order chi connectivity index (χ1) is 13.4. The molecule has 9 heteroatoms. The largest absolute Gasteiger partial charge is 0.391 e. The van der Waals surface area contributed by atoms with E-state index in [9.17, 15) is 9.90 Å². The van der Waals surface area contributed by atoms with Gasteiger partial charge in [0.25, 0.3) is 0 Å². The number of hydrogen-bond acceptors (Lipinski definition) is 7. The third-order valence-corrected chi connectivity index (χ3v) is 6.86. The molecule has 1 unspecified atom stereocenters. The smallest absolute Gasteiger partial charge is 0.223 e. The van der Waals surface area contributed by atoms with Crippen molar-refractivity contribution in [2.45, 2.75) is 45.1 Å². The van der Waals surface area contributed by atoms with Gasteiger partial charge in [0.05, 0.1) is 16.8 Å². The fraction of sp³-hybridized carbons (Fsp3) is 0.684. The lowest BCUT2D eigenvalue weighted by atomic mass is 9.71. The van der Waals surface area contributed by atoms with Gasteiger partial charge in [-0.05, 0) is 38.0 Å². The van der Waals surface area contributed by atoms with Crippen molar-refractivity contribution in [3.05, 3.63) is 22.4 Å². The zero-order chi connectivity index (χ0) is 19.7. The first-order valence-corrected chi connectivity index (χ1v) is 10.8. The first-order valence-electron chi connectivity index (χ1n) is 9.90. The summed E-state index contributed by atoms with van der Waals surface area (Å²) in [5.41, 5.74) is 0.986. The van der Waals surface area contributed by atoms with Crippen LogP contribution in [0.2, 0.25) is 0 Å². The number of β-amino-alcohol motifs (C(OH)–C–C–N with tert-alkyl or cyclic N) is 1. The predicted molar refractivity (Wildman–Crippen MR) is 107 cm³/mol. The molecule has 28 heavy (non-hydrogen) atoms. The number of anilines is 1. The molecule has 4 rings (SSSR count). The average Bonchev–Trinajstić information content (AvgIpc) is 3.28. The number of thiazole rings is 1. The van der Waals surface area contributed by atoms with Gasteiger partial charge in [0, 0.05) is 45.0 Å². The van der Waals surface area contributed by atoms with Crippen molar-refractivity contribution in [2.24, 2.45) is 12.5 Å². The quantitative estimate of drug-likeness (QED) is 0.829. The summed E-state index contributed by atoms with van der Waals surface area (Å²) in [5.74, 6) is 1.01. The molecule has 8 nitrogen and oxygen atoms in total. The number of carbonyl (C=O) groups excluding carboxylic acids is 1. The maximum absolute atomic E-state index is 12.8. The lowest BCUT2D eigenvalue weighted by Crippen LogP contribution is -2.55. The Kier molecular flexibility index (Phi) is 5.37. The van der Waals surface area contributed by atoms with Gasteiger partial charge in [-0.3, -0.25) is 4.79 Å². The number of aromatic nitrogens is 4. The molecule has 2 aromatic rings. The summed E-state index contributed by atoms with van der Waals surface area (Å²) in [6, 6.07) is 0. The number of hydrogen-bond donors (Lipinski definition) is 1. The van der Waals surface area contributed by atoms with E-state index in [1.807, 2.05) is 24.3 Å². The van der Waals surface area contributed by atoms with Crippen LogP contribution in [0.5, 0.6) is 0 Å². The van der Waals surface area contributed by atoms with E-state index < -0.39 is 6.10 Å². The molecule has 4 heterocycles. The van der Waals surface area contributed by atoms with Crippen molar-refractivity contribution >= 4 is 23.2 Å². The van der Waals surface area contributed by atoms with Crippen LogP contribution < -0.4 is 4.90 Å². The molecule has 0 aliphatic carbocycles. The fourth-order valence-corrected chi connectivity index (χ4v) is 5.23. The molecule has 1 spiro atoms. The van der Waals surface area contributed by atoms with Crippen molar-refractivity contribution in [1.29, 1.82) is 0 Å². The Morgan fingerprint density at radius 1 is 1.39 bits per heavy atom. The van der Waals surface area contributed by atoms with E-state index in [1.165, 1.54) is 0 Å². The second-order valence-electron chi connectivity index (χ2n) is 8.16. The minimum absolute atomic E-state index is 0.000358. The summed E-state index contributed by atoms with van der Waals surface area (Å²) in [6.07, 6.45) is 4.93. The highest BCUT2D eigenvalue weighted by molar-refractivity contribution is 7.09. The molecule has 152 valence electrons. The number of aliphatic hydroxyl groups excluding tert-OH is 1. The second-order valence-corrected chi connectivity index (χ2v) is 9.22. The monoisotopic (exact) mass is 404 g/mol. The number of amides is 1. The summed E-state index contributed by atoms with van der Waals surface area (Å²) in [7, 11) is 1.90. The molecule has 1 amide bonds. The number of carbonyl (C=O) groups is 1. The van der Waals surface area contributed by atoms with Crippen molar-refractivity contribution < 1.29 is 9.90 Å². The standard InChI is InChI=1S/C19H28N6O2S/c1-14-22-15(11-28-14)3-4-17(27)25-10-16(26)9-19(12-25)5-7-24(8-6-19)18-20-13-21-23(18)2/h11,13,16,26H,3-10,12H2,1-2H3. The van der Waals surface area contributed by atoms with Crippen molar-refractivity contribution in [2.75, 3.05) is 31.1 Å². The van der Waals surface area contributed by atoms with Crippen LogP contribution in [0.15, 0.2) is 11.7 Å². The lowest BCUT2D eigenvalue weighted by molar-refractivity contribution is -0.139. The second kappa shape index (κ2) is 7.79. The van der Waals surface area contributed by atoms with E-state index in [0.29, 0.717) is 19.4 Å². The van der Waals surface area contributed by atoms with Crippen molar-refractivity contribution in [1.82, 2.24) is 24.6 Å². The van der Waals surface area contributed by atoms with Crippen LogP contribution in [0.4, 0.5) is 5.95 Å². The number of aryl methyl sites for hydroxylation is 3. The lowest BCUT2D eigenvalue weighted by Gasteiger charge is -2.49. The molecule has 2 aromatic heterocycles. The Hall–Kier alpha value is -2.00. The fourth-order valence-electron chi connectivity index (χ4n) is 4.58. The van der Waals surface area contributed by atoms with Gasteiger partial charge in [-0.1, -0.05) is 0 Å². The molecule has 0 radical (unpaired) electrons. The Bertz CT molecular complexity index is 826. The van der Waals surface area contributed by atoms with Crippen LogP contribution in [-0.4, -0.2) is 67.9 Å². The van der Waals surface area contributed by atoms with Gasteiger partial charge in [0.2, 0.25) is 11.9 Å². The van der Waals surface area contributed by atoms with Gasteiger partial charge >= 0.3 is 0 Å². The summed E-state index contributed by atoms with van der Waals surface area (Å²) in [5, 5.41) is 17.7. The summed E-state index contributed by atoms with van der Waals surface area (Å²) in [6.45, 7) is 4.92. The van der Waals surface area contributed by atoms with Crippen LogP contribution in [-0.2, 0) is 18.3 Å². The number of likely N-dealkylation sites (tertiary alicyclic amines) is 1. The van der Waals surface area contributed by atoms with E-state index in [-0.39, 0.29) is 11.3 Å². The normalized spacial score (nSPS) is 22.0. The predicted octanol–water partition coefficient (Wildman–Crippen LogP) is 1.39. The third-order valence-electron chi connectivity index (χ3n) is 6.03. The maximum Gasteiger partial charge on any atom is 0.223 e. The van der Waals surface area contributed by atoms with E-state index in [0.717, 1.165) is 55.5 Å². The van der Waals surface area contributed by atoms with Crippen LogP contribution in [0.1, 0.15) is 36.4 Å². The molecule has 2 aliphatic heterocycles. The molecule has 0 saturated carbocycles. The van der Waals surface area contributed by atoms with Gasteiger partial charge in [0.1, 0.15) is 6.33 Å². The van der Waals surface area contributed by atoms with E-state index in [1.54, 1.807) is 22.3 Å². The zero-order valence-electron chi connectivity index (χ0n) is 16.5. The number of aliphatic hydroxyl groups is 1. The first kappa shape index (κ1) is 19.3. The molecule has 1 atom stereocenters. The van der Waals surface area contributed by atoms with Gasteiger partial charge in [-0.2, -0.15) is 10.1 Å². The average molecular weight is 405 g/mol. The van der Waals surface area contributed by atoms with Crippen LogP contribution >= 0.6 is 11.3 Å². The maximum atomic E-state index is 12.8. The van der Waals surface area contributed by atoms with E-state index >= 15 is 0 Å². The minimum atomic E-state index is -0.444. The van der Waals surface area contributed by atoms with Gasteiger partial charge in [0.15, 0.2) is 0 Å². The SMILES string of the molecule is Cc1nc(CCC(=O)N2CC(O)CC3(CCN(c4ncnn4C)CC3)C2)cs1. The minimum Gasteiger partial charge on any atom is -0.391 e. The van der Waals surface area contributed by atoms with E-state index in [2.05, 4.69) is 20.0 Å². The summed E-state index contributed by atoms with van der Waals surface area (Å²) < 4.78 is 1.80. The molecular formula is C19H28N6O2S. The van der Waals surface area contributed by atoms with E-state index in [4.69, 9.17) is 0 Å². The van der Waals surface area contributed by atoms with Crippen molar-refractivity contribution in [3.63, 3.8) is 0 Å². The highest BCUT2D eigenvalue weighted by Crippen LogP contribution is 2.40.